The van der Waals surface area contributed by atoms with Crippen LogP contribution in [0.4, 0.5) is 28.4 Å². The van der Waals surface area contributed by atoms with E-state index in [9.17, 15) is 26.4 Å². The van der Waals surface area contributed by atoms with E-state index in [0.29, 0.717) is 32.5 Å². The maximum Gasteiger partial charge on any atom is 0.407 e. The molecular weight excluding hydrogens is 846 g/mol. The fourth-order valence-electron chi connectivity index (χ4n) is 10.8. The average Bonchev–Trinajstić information content (AvgIpc) is 3.51. The van der Waals surface area contributed by atoms with Gasteiger partial charge < -0.3 is 30.1 Å². The summed E-state index contributed by atoms with van der Waals surface area (Å²) < 4.78 is 102. The van der Waals surface area contributed by atoms with Crippen LogP contribution in [-0.4, -0.2) is 146 Å². The SMILES string of the molecule is COC(=O)N[C@H]1CCC[C@@H]1[C@](CN1CCC1)(c1cccc(F)c1)C1CCN(CC2(F)CN(c3ccc(S(=O)(=O)[C@@H]4CCCCN(C(=O)NC/C=C/S(C)(=O)=O)C4)cc3F)C2)CC1. The Kier molecular flexibility index (Phi) is 14.2. The second-order valence-electron chi connectivity index (χ2n) is 18.1. The number of amides is 3. The minimum absolute atomic E-state index is 0.0427. The third kappa shape index (κ3) is 10.4. The predicted molar refractivity (Wildman–Crippen MR) is 231 cm³/mol. The van der Waals surface area contributed by atoms with Gasteiger partial charge in [0, 0.05) is 55.8 Å². The van der Waals surface area contributed by atoms with Gasteiger partial charge in [-0.1, -0.05) is 31.1 Å². The first-order chi connectivity index (χ1) is 29.5. The summed E-state index contributed by atoms with van der Waals surface area (Å²) in [5.74, 6) is -0.851. The van der Waals surface area contributed by atoms with E-state index in [-0.39, 0.29) is 73.4 Å². The zero-order valence-corrected chi connectivity index (χ0v) is 37.4. The Hall–Kier alpha value is -3.87. The van der Waals surface area contributed by atoms with Gasteiger partial charge in [-0.15, -0.1) is 0 Å². The van der Waals surface area contributed by atoms with Gasteiger partial charge in [-0.3, -0.25) is 4.90 Å². The summed E-state index contributed by atoms with van der Waals surface area (Å²) in [6, 6.07) is 10.0. The summed E-state index contributed by atoms with van der Waals surface area (Å²) in [7, 11) is -6.04. The Morgan fingerprint density at radius 3 is 2.32 bits per heavy atom. The Balaban J connectivity index is 0.983. The molecule has 62 heavy (non-hydrogen) atoms. The van der Waals surface area contributed by atoms with Crippen LogP contribution in [0.5, 0.6) is 0 Å². The number of likely N-dealkylation sites (tertiary alicyclic amines) is 3. The lowest BCUT2D eigenvalue weighted by molar-refractivity contribution is 0.00575. The molecule has 13 nitrogen and oxygen atoms in total. The Morgan fingerprint density at radius 1 is 0.903 bits per heavy atom. The molecule has 4 atom stereocenters. The molecule has 0 radical (unpaired) electrons. The fourth-order valence-corrected chi connectivity index (χ4v) is 13.0. The number of hydrogen-bond donors (Lipinski definition) is 2. The van der Waals surface area contributed by atoms with Crippen LogP contribution < -0.4 is 15.5 Å². The van der Waals surface area contributed by atoms with Crippen molar-refractivity contribution in [2.24, 2.45) is 11.8 Å². The number of methoxy groups -OCH3 is 1. The van der Waals surface area contributed by atoms with Crippen molar-refractivity contribution in [2.45, 2.75) is 85.1 Å². The number of sulfone groups is 2. The molecule has 1 saturated carbocycles. The van der Waals surface area contributed by atoms with Crippen LogP contribution in [0.2, 0.25) is 0 Å². The zero-order chi connectivity index (χ0) is 44.3. The molecule has 7 rings (SSSR count). The standard InChI is InChI=1S/C44H61F3N6O7S2/c1-60-42(55)49-39-13-6-12-37(39)44(31-50-19-8-20-50,33-9-5-10-34(45)25-33)32-16-22-51(23-17-32)28-43(47)29-53(30-43)40-15-14-35(26-38(40)46)62(58,59)36-11-3-4-21-52(27-36)41(54)48-18-7-24-61(2,56)57/h5,7,9-10,14-15,24-26,32,36-37,39H,3-4,6,8,11-13,16-23,27-31H2,1-2H3,(H,48,54)(H,49,55)/b24-7+/t36-,37+,39+,44+/m1/s1. The van der Waals surface area contributed by atoms with E-state index in [0.717, 1.165) is 81.5 Å². The van der Waals surface area contributed by atoms with Crippen molar-refractivity contribution in [2.75, 3.05) is 90.3 Å². The monoisotopic (exact) mass is 906 g/mol. The molecule has 2 N–H and O–H groups in total. The third-order valence-corrected chi connectivity index (χ3v) is 16.8. The number of halogens is 3. The number of anilines is 1. The van der Waals surface area contributed by atoms with Crippen molar-refractivity contribution in [1.82, 2.24) is 25.3 Å². The normalized spacial score (nSPS) is 25.1. The highest BCUT2D eigenvalue weighted by molar-refractivity contribution is 7.93. The van der Waals surface area contributed by atoms with Crippen LogP contribution in [0.15, 0.2) is 58.8 Å². The molecule has 4 saturated heterocycles. The maximum absolute atomic E-state index is 16.4. The lowest BCUT2D eigenvalue weighted by Gasteiger charge is -2.54. The van der Waals surface area contributed by atoms with Crippen LogP contribution in [0.1, 0.15) is 63.4 Å². The summed E-state index contributed by atoms with van der Waals surface area (Å²) >= 11 is 0. The Bertz CT molecular complexity index is 2180. The average molecular weight is 907 g/mol. The van der Waals surface area contributed by atoms with Crippen molar-refractivity contribution < 1.29 is 44.3 Å². The van der Waals surface area contributed by atoms with Gasteiger partial charge in [0.05, 0.1) is 36.0 Å². The Labute approximate surface area is 364 Å². The highest BCUT2D eigenvalue weighted by Gasteiger charge is 2.54. The van der Waals surface area contributed by atoms with Crippen molar-refractivity contribution in [3.05, 3.63) is 71.1 Å². The van der Waals surface area contributed by atoms with Crippen LogP contribution in [0, 0.1) is 23.5 Å². The molecule has 0 bridgehead atoms. The van der Waals surface area contributed by atoms with E-state index in [1.54, 1.807) is 17.0 Å². The molecule has 4 heterocycles. The quantitative estimate of drug-likeness (QED) is 0.257. The number of nitrogens with zero attached hydrogens (tertiary/aromatic N) is 4. The van der Waals surface area contributed by atoms with Gasteiger partial charge in [-0.05, 0) is 119 Å². The minimum Gasteiger partial charge on any atom is -0.453 e. The number of urea groups is 1. The number of piperidine rings is 1. The van der Waals surface area contributed by atoms with E-state index in [1.165, 1.54) is 36.3 Å². The van der Waals surface area contributed by atoms with E-state index in [1.807, 2.05) is 6.07 Å². The van der Waals surface area contributed by atoms with Crippen LogP contribution in [0.25, 0.3) is 0 Å². The molecule has 342 valence electrons. The molecule has 18 heteroatoms. The number of ether oxygens (including phenoxy) is 1. The first-order valence-electron chi connectivity index (χ1n) is 21.9. The van der Waals surface area contributed by atoms with Crippen LogP contribution in [0.3, 0.4) is 0 Å². The highest BCUT2D eigenvalue weighted by atomic mass is 32.2. The van der Waals surface area contributed by atoms with Crippen LogP contribution >= 0.6 is 0 Å². The van der Waals surface area contributed by atoms with Crippen molar-refractivity contribution >= 4 is 37.5 Å². The maximum atomic E-state index is 16.4. The molecule has 5 aliphatic rings. The summed E-state index contributed by atoms with van der Waals surface area (Å²) in [5, 5.41) is 5.72. The smallest absolute Gasteiger partial charge is 0.407 e. The summed E-state index contributed by atoms with van der Waals surface area (Å²) in [6.45, 7) is 4.21. The molecule has 2 aromatic rings. The minimum atomic E-state index is -4.05. The second kappa shape index (κ2) is 19.1. The lowest BCUT2D eigenvalue weighted by atomic mass is 9.57. The topological polar surface area (TPSA) is 149 Å². The highest BCUT2D eigenvalue weighted by Crippen LogP contribution is 2.52. The number of nitrogens with one attached hydrogen (secondary N) is 2. The van der Waals surface area contributed by atoms with Gasteiger partial charge in [0.1, 0.15) is 11.6 Å². The number of benzene rings is 2. The number of alkyl halides is 1. The molecule has 4 aliphatic heterocycles. The van der Waals surface area contributed by atoms with Gasteiger partial charge in [0.25, 0.3) is 0 Å². The third-order valence-electron chi connectivity index (χ3n) is 13.9. The number of alkyl carbamates (subject to hydrolysis) is 1. The molecule has 0 aromatic heterocycles. The van der Waals surface area contributed by atoms with Gasteiger partial charge in [-0.25, -0.2) is 39.6 Å². The zero-order valence-electron chi connectivity index (χ0n) is 35.7. The van der Waals surface area contributed by atoms with Crippen molar-refractivity contribution in [3.8, 4) is 0 Å². The lowest BCUT2D eigenvalue weighted by Crippen LogP contribution is -2.65. The molecular formula is C44H61F3N6O7S2. The summed E-state index contributed by atoms with van der Waals surface area (Å²) in [5.41, 5.74) is -0.981. The van der Waals surface area contributed by atoms with E-state index >= 15 is 13.2 Å². The number of carbonyl (C=O) groups is 2. The van der Waals surface area contributed by atoms with E-state index in [4.69, 9.17) is 4.74 Å². The molecule has 0 unspecified atom stereocenters. The molecule has 3 amide bonds. The summed E-state index contributed by atoms with van der Waals surface area (Å²) in [4.78, 5) is 32.7. The molecule has 1 aliphatic carbocycles. The number of rotatable bonds is 14. The van der Waals surface area contributed by atoms with Gasteiger partial charge in [-0.2, -0.15) is 0 Å². The van der Waals surface area contributed by atoms with Crippen molar-refractivity contribution in [1.29, 1.82) is 0 Å². The van der Waals surface area contributed by atoms with Crippen LogP contribution in [-0.2, 0) is 29.8 Å². The van der Waals surface area contributed by atoms with E-state index < -0.39 is 53.9 Å². The fraction of sp³-hybridized carbons (Fsp3) is 0.636. The number of hydrogen-bond acceptors (Lipinski definition) is 10. The molecule has 2 aromatic carbocycles. The molecule has 0 spiro atoms. The Morgan fingerprint density at radius 2 is 1.66 bits per heavy atom. The second-order valence-corrected chi connectivity index (χ2v) is 22.3. The molecule has 5 fully saturated rings. The van der Waals surface area contributed by atoms with Gasteiger partial charge >= 0.3 is 12.1 Å². The van der Waals surface area contributed by atoms with E-state index in [2.05, 4.69) is 20.4 Å². The van der Waals surface area contributed by atoms with Gasteiger partial charge in [0.15, 0.2) is 25.3 Å². The van der Waals surface area contributed by atoms with Gasteiger partial charge in [0.2, 0.25) is 0 Å². The number of carbonyl (C=O) groups excluding carboxylic acids is 2. The largest absolute Gasteiger partial charge is 0.453 e. The summed E-state index contributed by atoms with van der Waals surface area (Å²) in [6.07, 6.45) is 8.56. The van der Waals surface area contributed by atoms with Crippen molar-refractivity contribution in [3.63, 3.8) is 0 Å². The first-order valence-corrected chi connectivity index (χ1v) is 25.4. The predicted octanol–water partition coefficient (Wildman–Crippen LogP) is 5.27. The first kappa shape index (κ1) is 46.1.